The molecule has 0 aliphatic heterocycles. The van der Waals surface area contributed by atoms with Crippen LogP contribution in [0.4, 0.5) is 0 Å². The number of rotatable bonds is 3. The van der Waals surface area contributed by atoms with Crippen LogP contribution >= 0.6 is 0 Å². The number of aryl methyl sites for hydroxylation is 1. The van der Waals surface area contributed by atoms with Crippen LogP contribution in [0, 0.1) is 12.8 Å². The maximum atomic E-state index is 4.40. The van der Waals surface area contributed by atoms with E-state index >= 15 is 0 Å². The van der Waals surface area contributed by atoms with Gasteiger partial charge in [0.05, 0.1) is 0 Å². The van der Waals surface area contributed by atoms with Crippen molar-refractivity contribution in [1.29, 1.82) is 0 Å². The molecule has 15 heavy (non-hydrogen) atoms. The molecule has 0 atom stereocenters. The van der Waals surface area contributed by atoms with E-state index in [9.17, 15) is 0 Å². The Labute approximate surface area is 92.6 Å². The number of hydrogen-bond donors (Lipinski definition) is 0. The van der Waals surface area contributed by atoms with Crippen molar-refractivity contribution in [2.45, 2.75) is 27.7 Å². The van der Waals surface area contributed by atoms with E-state index in [2.05, 4.69) is 56.1 Å². The number of hydrogen-bond acceptors (Lipinski definition) is 1. The van der Waals surface area contributed by atoms with Gasteiger partial charge in [0.1, 0.15) is 0 Å². The van der Waals surface area contributed by atoms with Gasteiger partial charge < -0.3 is 0 Å². The summed E-state index contributed by atoms with van der Waals surface area (Å²) in [6.07, 6.45) is 4.02. The third-order valence-electron chi connectivity index (χ3n) is 2.36. The highest BCUT2D eigenvalue weighted by Crippen LogP contribution is 2.17. The number of nitrogens with zero attached hydrogens (tertiary/aromatic N) is 1. The van der Waals surface area contributed by atoms with Crippen LogP contribution in [0.25, 0.3) is 6.08 Å². The average Bonchev–Trinajstić information content (AvgIpc) is 2.20. The Hall–Kier alpha value is -1.37. The summed E-state index contributed by atoms with van der Waals surface area (Å²) in [6, 6.07) is 8.37. The van der Waals surface area contributed by atoms with Crippen molar-refractivity contribution in [1.82, 2.24) is 0 Å². The highest BCUT2D eigenvalue weighted by Gasteiger charge is 2.01. The number of allylic oxidation sites excluding steroid dienone is 1. The van der Waals surface area contributed by atoms with E-state index in [-0.39, 0.29) is 0 Å². The molecule has 0 amide bonds. The first-order valence-electron chi connectivity index (χ1n) is 5.41. The molecule has 0 aliphatic rings. The molecule has 0 saturated heterocycles. The molecule has 0 aromatic heterocycles. The second kappa shape index (κ2) is 5.50. The summed E-state index contributed by atoms with van der Waals surface area (Å²) in [4.78, 5) is 4.40. The Balaban J connectivity index is 3.07. The zero-order valence-corrected chi connectivity index (χ0v) is 9.99. The highest BCUT2D eigenvalue weighted by molar-refractivity contribution is 5.62. The number of benzene rings is 1. The van der Waals surface area contributed by atoms with Crippen molar-refractivity contribution in [2.24, 2.45) is 10.9 Å². The Bertz CT molecular complexity index is 373. The standard InChI is InChI=1S/C14H19N/c1-5-15-14(11(2)3)10-13-9-7-6-8-12(13)4/h5-11H,1-4H3/b14-10-,15-5-. The van der Waals surface area contributed by atoms with Crippen LogP contribution in [0.2, 0.25) is 0 Å². The first-order chi connectivity index (χ1) is 7.15. The summed E-state index contributed by atoms with van der Waals surface area (Å²) in [5.41, 5.74) is 3.68. The molecule has 1 nitrogen and oxygen atoms in total. The first-order valence-corrected chi connectivity index (χ1v) is 5.41. The van der Waals surface area contributed by atoms with E-state index in [1.54, 1.807) is 0 Å². The Morgan fingerprint density at radius 3 is 2.47 bits per heavy atom. The summed E-state index contributed by atoms with van der Waals surface area (Å²) in [5, 5.41) is 0. The first kappa shape index (κ1) is 11.7. The fourth-order valence-electron chi connectivity index (χ4n) is 1.41. The minimum atomic E-state index is 0.459. The van der Waals surface area contributed by atoms with Gasteiger partial charge in [0.15, 0.2) is 0 Å². The van der Waals surface area contributed by atoms with E-state index in [1.807, 2.05) is 13.1 Å². The largest absolute Gasteiger partial charge is 0.266 e. The Morgan fingerprint density at radius 1 is 1.27 bits per heavy atom. The predicted octanol–water partition coefficient (Wildman–Crippen LogP) is 4.08. The molecule has 0 spiro atoms. The van der Waals surface area contributed by atoms with Crippen LogP contribution in [0.1, 0.15) is 31.9 Å². The molecule has 1 rings (SSSR count). The van der Waals surface area contributed by atoms with Gasteiger partial charge in [-0.1, -0.05) is 38.1 Å². The Morgan fingerprint density at radius 2 is 1.93 bits per heavy atom. The lowest BCUT2D eigenvalue weighted by Crippen LogP contribution is -1.92. The van der Waals surface area contributed by atoms with Gasteiger partial charge in [-0.3, -0.25) is 4.99 Å². The van der Waals surface area contributed by atoms with Crippen molar-refractivity contribution in [3.05, 3.63) is 41.1 Å². The van der Waals surface area contributed by atoms with Gasteiger partial charge in [-0.15, -0.1) is 0 Å². The monoisotopic (exact) mass is 201 g/mol. The van der Waals surface area contributed by atoms with Gasteiger partial charge in [0.25, 0.3) is 0 Å². The van der Waals surface area contributed by atoms with E-state index in [0.717, 1.165) is 5.70 Å². The molecule has 0 saturated carbocycles. The second-order valence-electron chi connectivity index (χ2n) is 3.97. The third-order valence-corrected chi connectivity index (χ3v) is 2.36. The van der Waals surface area contributed by atoms with Crippen LogP contribution in [0.5, 0.6) is 0 Å². The summed E-state index contributed by atoms with van der Waals surface area (Å²) < 4.78 is 0. The average molecular weight is 201 g/mol. The highest BCUT2D eigenvalue weighted by atomic mass is 14.7. The van der Waals surface area contributed by atoms with Gasteiger partial charge in [0, 0.05) is 11.9 Å². The SMILES string of the molecule is C/C=N\C(=C/c1ccccc1C)C(C)C. The lowest BCUT2D eigenvalue weighted by atomic mass is 10.0. The van der Waals surface area contributed by atoms with Crippen LogP contribution in [0.3, 0.4) is 0 Å². The quantitative estimate of drug-likeness (QED) is 0.653. The summed E-state index contributed by atoms with van der Waals surface area (Å²) in [5.74, 6) is 0.459. The predicted molar refractivity (Wildman–Crippen MR) is 68.2 cm³/mol. The zero-order chi connectivity index (χ0) is 11.3. The van der Waals surface area contributed by atoms with E-state index < -0.39 is 0 Å². The van der Waals surface area contributed by atoms with Crippen molar-refractivity contribution in [3.63, 3.8) is 0 Å². The third kappa shape index (κ3) is 3.35. The number of aliphatic imine (C=N–C) groups is 1. The summed E-state index contributed by atoms with van der Waals surface area (Å²) >= 11 is 0. The zero-order valence-electron chi connectivity index (χ0n) is 9.99. The van der Waals surface area contributed by atoms with Gasteiger partial charge in [-0.05, 0) is 37.0 Å². The molecule has 0 heterocycles. The molecule has 0 fully saturated rings. The molecule has 0 unspecified atom stereocenters. The van der Waals surface area contributed by atoms with E-state index in [1.165, 1.54) is 11.1 Å². The molecule has 80 valence electrons. The normalized spacial score (nSPS) is 12.7. The minimum Gasteiger partial charge on any atom is -0.266 e. The smallest absolute Gasteiger partial charge is 0.0430 e. The van der Waals surface area contributed by atoms with Gasteiger partial charge in [-0.2, -0.15) is 0 Å². The summed E-state index contributed by atoms with van der Waals surface area (Å²) in [6.45, 7) is 8.40. The van der Waals surface area contributed by atoms with Crippen LogP contribution in [-0.4, -0.2) is 6.21 Å². The van der Waals surface area contributed by atoms with Crippen molar-refractivity contribution in [3.8, 4) is 0 Å². The van der Waals surface area contributed by atoms with Crippen LogP contribution in [0.15, 0.2) is 35.0 Å². The molecule has 0 radical (unpaired) electrons. The molecule has 1 heteroatoms. The fourth-order valence-corrected chi connectivity index (χ4v) is 1.41. The lowest BCUT2D eigenvalue weighted by Gasteiger charge is -2.07. The van der Waals surface area contributed by atoms with Gasteiger partial charge in [-0.25, -0.2) is 0 Å². The molecular weight excluding hydrogens is 182 g/mol. The van der Waals surface area contributed by atoms with Crippen LogP contribution in [-0.2, 0) is 0 Å². The maximum absolute atomic E-state index is 4.40. The molecule has 0 bridgehead atoms. The van der Waals surface area contributed by atoms with Crippen molar-refractivity contribution < 1.29 is 0 Å². The molecule has 1 aromatic rings. The van der Waals surface area contributed by atoms with Crippen molar-refractivity contribution >= 4 is 12.3 Å². The van der Waals surface area contributed by atoms with E-state index in [0.29, 0.717) is 5.92 Å². The van der Waals surface area contributed by atoms with Crippen molar-refractivity contribution in [2.75, 3.05) is 0 Å². The molecule has 0 N–H and O–H groups in total. The van der Waals surface area contributed by atoms with E-state index in [4.69, 9.17) is 0 Å². The second-order valence-corrected chi connectivity index (χ2v) is 3.97. The lowest BCUT2D eigenvalue weighted by molar-refractivity contribution is 0.765. The Kier molecular flexibility index (Phi) is 4.29. The van der Waals surface area contributed by atoms with Gasteiger partial charge in [0.2, 0.25) is 0 Å². The minimum absolute atomic E-state index is 0.459. The summed E-state index contributed by atoms with van der Waals surface area (Å²) in [7, 11) is 0. The molecule has 1 aromatic carbocycles. The molecule has 0 aliphatic carbocycles. The maximum Gasteiger partial charge on any atom is 0.0430 e. The van der Waals surface area contributed by atoms with Crippen LogP contribution < -0.4 is 0 Å². The van der Waals surface area contributed by atoms with Gasteiger partial charge >= 0.3 is 0 Å². The fraction of sp³-hybridized carbons (Fsp3) is 0.357. The topological polar surface area (TPSA) is 12.4 Å². The molecular formula is C14H19N.